The Kier molecular flexibility index (Phi) is 2.77. The van der Waals surface area contributed by atoms with E-state index in [0.29, 0.717) is 0 Å². The van der Waals surface area contributed by atoms with Gasteiger partial charge in [-0.15, -0.1) is 0 Å². The van der Waals surface area contributed by atoms with Crippen LogP contribution in [0.4, 0.5) is 5.69 Å². The lowest BCUT2D eigenvalue weighted by Crippen LogP contribution is -2.21. The zero-order valence-corrected chi connectivity index (χ0v) is 10.1. The van der Waals surface area contributed by atoms with Gasteiger partial charge in [0.1, 0.15) is 0 Å². The van der Waals surface area contributed by atoms with E-state index in [-0.39, 0.29) is 0 Å². The van der Waals surface area contributed by atoms with Crippen LogP contribution >= 0.6 is 0 Å². The fraction of sp³-hybridized carbons (Fsp3) is 0.429. The summed E-state index contributed by atoms with van der Waals surface area (Å²) in [4.78, 5) is 6.00. The lowest BCUT2D eigenvalue weighted by atomic mass is 10.2. The van der Waals surface area contributed by atoms with Gasteiger partial charge in [-0.1, -0.05) is 6.07 Å². The van der Waals surface area contributed by atoms with E-state index in [1.54, 1.807) is 0 Å². The fourth-order valence-electron chi connectivity index (χ4n) is 2.62. The van der Waals surface area contributed by atoms with Gasteiger partial charge in [-0.2, -0.15) is 0 Å². The molecule has 90 valence electrons. The first-order chi connectivity index (χ1) is 8.31. The number of hydrogen-bond acceptors (Lipinski definition) is 2. The van der Waals surface area contributed by atoms with Crippen molar-refractivity contribution in [1.29, 1.82) is 0 Å². The number of likely N-dealkylation sites (tertiary alicyclic amines) is 1. The molecule has 0 aliphatic carbocycles. The minimum atomic E-state index is 0.824. The second-order valence-corrected chi connectivity index (χ2v) is 4.94. The number of nitrogens with two attached hydrogens (primary N) is 1. The number of nitrogens with one attached hydrogen (secondary N) is 1. The van der Waals surface area contributed by atoms with Crippen LogP contribution in [-0.4, -0.2) is 29.5 Å². The molecule has 0 saturated carbocycles. The van der Waals surface area contributed by atoms with Crippen molar-refractivity contribution in [3.05, 3.63) is 30.0 Å². The number of benzene rings is 1. The summed E-state index contributed by atoms with van der Waals surface area (Å²) in [5, 5.41) is 1.26. The Hall–Kier alpha value is -1.48. The van der Waals surface area contributed by atoms with Gasteiger partial charge in [0, 0.05) is 29.9 Å². The summed E-state index contributed by atoms with van der Waals surface area (Å²) < 4.78 is 0. The van der Waals surface area contributed by atoms with Crippen LogP contribution in [0.1, 0.15) is 18.5 Å². The first-order valence-electron chi connectivity index (χ1n) is 6.41. The number of nitrogens with zero attached hydrogens (tertiary/aromatic N) is 1. The van der Waals surface area contributed by atoms with E-state index in [0.717, 1.165) is 17.6 Å². The molecule has 1 saturated heterocycles. The fourth-order valence-corrected chi connectivity index (χ4v) is 2.62. The lowest BCUT2D eigenvalue weighted by molar-refractivity contribution is 0.342. The van der Waals surface area contributed by atoms with Crippen LogP contribution in [-0.2, 0) is 6.42 Å². The van der Waals surface area contributed by atoms with Crippen LogP contribution in [0.25, 0.3) is 10.9 Å². The molecule has 17 heavy (non-hydrogen) atoms. The molecule has 1 aromatic carbocycles. The predicted molar refractivity (Wildman–Crippen MR) is 72.1 cm³/mol. The summed E-state index contributed by atoms with van der Waals surface area (Å²) in [6, 6.07) is 8.29. The molecular weight excluding hydrogens is 210 g/mol. The van der Waals surface area contributed by atoms with Gasteiger partial charge in [-0.25, -0.2) is 0 Å². The number of nitrogen functional groups attached to an aromatic ring is 1. The molecule has 0 atom stereocenters. The smallest absolute Gasteiger partial charge is 0.0476 e. The van der Waals surface area contributed by atoms with Gasteiger partial charge < -0.3 is 15.6 Å². The summed E-state index contributed by atoms with van der Waals surface area (Å²) in [7, 11) is 0. The highest BCUT2D eigenvalue weighted by atomic mass is 15.1. The highest BCUT2D eigenvalue weighted by Crippen LogP contribution is 2.19. The van der Waals surface area contributed by atoms with Crippen molar-refractivity contribution in [2.24, 2.45) is 0 Å². The second kappa shape index (κ2) is 4.41. The first-order valence-corrected chi connectivity index (χ1v) is 6.41. The van der Waals surface area contributed by atoms with Gasteiger partial charge in [0.2, 0.25) is 0 Å². The van der Waals surface area contributed by atoms with Crippen molar-refractivity contribution in [2.75, 3.05) is 25.4 Å². The molecule has 0 bridgehead atoms. The molecule has 0 radical (unpaired) electrons. The maximum atomic E-state index is 5.78. The minimum Gasteiger partial charge on any atom is -0.399 e. The molecule has 0 amide bonds. The topological polar surface area (TPSA) is 45.0 Å². The van der Waals surface area contributed by atoms with Crippen LogP contribution in [0.5, 0.6) is 0 Å². The molecule has 3 heteroatoms. The minimum absolute atomic E-state index is 0.824. The molecule has 0 spiro atoms. The van der Waals surface area contributed by atoms with E-state index in [1.807, 2.05) is 12.1 Å². The SMILES string of the molecule is Nc1ccc2cc(CCN3CCCC3)[nH]c2c1. The van der Waals surface area contributed by atoms with Crippen molar-refractivity contribution in [2.45, 2.75) is 19.3 Å². The molecule has 3 rings (SSSR count). The number of H-pyrrole nitrogens is 1. The van der Waals surface area contributed by atoms with Crippen molar-refractivity contribution >= 4 is 16.6 Å². The molecule has 1 fully saturated rings. The second-order valence-electron chi connectivity index (χ2n) is 4.94. The Morgan fingerprint density at radius 3 is 2.82 bits per heavy atom. The highest BCUT2D eigenvalue weighted by molar-refractivity contribution is 5.83. The number of aromatic nitrogens is 1. The molecule has 1 aliphatic heterocycles. The van der Waals surface area contributed by atoms with Gasteiger partial charge in [-0.3, -0.25) is 0 Å². The number of hydrogen-bond donors (Lipinski definition) is 2. The summed E-state index contributed by atoms with van der Waals surface area (Å²) >= 11 is 0. The third-order valence-electron chi connectivity index (χ3n) is 3.60. The van der Waals surface area contributed by atoms with Crippen LogP contribution in [0.15, 0.2) is 24.3 Å². The van der Waals surface area contributed by atoms with Gasteiger partial charge in [-0.05, 0) is 49.5 Å². The zero-order valence-electron chi connectivity index (χ0n) is 10.1. The van der Waals surface area contributed by atoms with Crippen LogP contribution in [0.2, 0.25) is 0 Å². The Morgan fingerprint density at radius 1 is 1.18 bits per heavy atom. The average molecular weight is 229 g/mol. The number of aromatic amines is 1. The lowest BCUT2D eigenvalue weighted by Gasteiger charge is -2.13. The van der Waals surface area contributed by atoms with E-state index < -0.39 is 0 Å². The summed E-state index contributed by atoms with van der Waals surface area (Å²) in [5.74, 6) is 0. The van der Waals surface area contributed by atoms with E-state index in [1.165, 1.54) is 43.6 Å². The summed E-state index contributed by atoms with van der Waals surface area (Å²) in [6.07, 6.45) is 3.83. The third-order valence-corrected chi connectivity index (χ3v) is 3.60. The zero-order chi connectivity index (χ0) is 11.7. The van der Waals surface area contributed by atoms with Crippen molar-refractivity contribution in [1.82, 2.24) is 9.88 Å². The van der Waals surface area contributed by atoms with Gasteiger partial charge >= 0.3 is 0 Å². The van der Waals surface area contributed by atoms with E-state index in [4.69, 9.17) is 5.73 Å². The van der Waals surface area contributed by atoms with Crippen LogP contribution in [0.3, 0.4) is 0 Å². The molecule has 2 heterocycles. The Morgan fingerprint density at radius 2 is 2.00 bits per heavy atom. The largest absolute Gasteiger partial charge is 0.399 e. The average Bonchev–Trinajstić information content (AvgIpc) is 2.94. The first kappa shape index (κ1) is 10.7. The number of anilines is 1. The van der Waals surface area contributed by atoms with E-state index in [9.17, 15) is 0 Å². The molecule has 2 aromatic rings. The molecule has 1 aliphatic rings. The maximum absolute atomic E-state index is 5.78. The van der Waals surface area contributed by atoms with Crippen LogP contribution < -0.4 is 5.73 Å². The monoisotopic (exact) mass is 229 g/mol. The Labute approximate surface area is 102 Å². The maximum Gasteiger partial charge on any atom is 0.0476 e. The van der Waals surface area contributed by atoms with E-state index >= 15 is 0 Å². The molecule has 1 aromatic heterocycles. The van der Waals surface area contributed by atoms with E-state index in [2.05, 4.69) is 22.0 Å². The number of fused-ring (bicyclic) bond motifs is 1. The van der Waals surface area contributed by atoms with Gasteiger partial charge in [0.25, 0.3) is 0 Å². The molecule has 3 nitrogen and oxygen atoms in total. The summed E-state index contributed by atoms with van der Waals surface area (Å²) in [6.45, 7) is 3.71. The molecule has 0 unspecified atom stereocenters. The van der Waals surface area contributed by atoms with Crippen molar-refractivity contribution in [3.8, 4) is 0 Å². The predicted octanol–water partition coefficient (Wildman–Crippen LogP) is 2.39. The number of rotatable bonds is 3. The Bertz CT molecular complexity index is 509. The van der Waals surface area contributed by atoms with Crippen molar-refractivity contribution < 1.29 is 0 Å². The highest BCUT2D eigenvalue weighted by Gasteiger charge is 2.11. The van der Waals surface area contributed by atoms with Crippen LogP contribution in [0, 0.1) is 0 Å². The van der Waals surface area contributed by atoms with Crippen molar-refractivity contribution in [3.63, 3.8) is 0 Å². The summed E-state index contributed by atoms with van der Waals surface area (Å²) in [5.41, 5.74) is 9.07. The molecule has 3 N–H and O–H groups in total. The molecular formula is C14H19N3. The quantitative estimate of drug-likeness (QED) is 0.794. The van der Waals surface area contributed by atoms with Gasteiger partial charge in [0.15, 0.2) is 0 Å². The van der Waals surface area contributed by atoms with Gasteiger partial charge in [0.05, 0.1) is 0 Å². The standard InChI is InChI=1S/C14H19N3/c15-12-4-3-11-9-13(16-14(11)10-12)5-8-17-6-1-2-7-17/h3-4,9-10,16H,1-2,5-8,15H2. The third kappa shape index (κ3) is 2.29. The Balaban J connectivity index is 1.72. The normalized spacial score (nSPS) is 16.9.